The van der Waals surface area contributed by atoms with Crippen LogP contribution in [0.1, 0.15) is 75.3 Å². The quantitative estimate of drug-likeness (QED) is 0.321. The number of halogens is 5. The molecule has 1 saturated heterocycles. The Morgan fingerprint density at radius 1 is 0.968 bits per heavy atom. The second-order valence-corrected chi connectivity index (χ2v) is 8.78. The van der Waals surface area contributed by atoms with Crippen LogP contribution >= 0.6 is 0 Å². The van der Waals surface area contributed by atoms with Crippen LogP contribution in [0.25, 0.3) is 6.08 Å². The van der Waals surface area contributed by atoms with Gasteiger partial charge in [0.25, 0.3) is 0 Å². The zero-order valence-electron chi connectivity index (χ0n) is 17.9. The molecule has 7 heteroatoms. The van der Waals surface area contributed by atoms with E-state index >= 15 is 0 Å². The van der Waals surface area contributed by atoms with E-state index in [1.807, 2.05) is 0 Å². The Kier molecular flexibility index (Phi) is 8.50. The Bertz CT molecular complexity index is 707. The smallest absolute Gasteiger partial charge is 0.352 e. The molecule has 1 saturated carbocycles. The lowest BCUT2D eigenvalue weighted by molar-refractivity contribution is -0.229. The Morgan fingerprint density at radius 3 is 2.13 bits per heavy atom. The Hall–Kier alpha value is -1.47. The Morgan fingerprint density at radius 2 is 1.58 bits per heavy atom. The van der Waals surface area contributed by atoms with Gasteiger partial charge in [0.15, 0.2) is 6.29 Å². The summed E-state index contributed by atoms with van der Waals surface area (Å²) in [7, 11) is 0. The summed E-state index contributed by atoms with van der Waals surface area (Å²) in [6.07, 6.45) is 3.34. The molecule has 1 heterocycles. The number of allylic oxidation sites excluding steroid dienone is 1. The van der Waals surface area contributed by atoms with Gasteiger partial charge in [0.1, 0.15) is 11.6 Å². The molecule has 174 valence electrons. The summed E-state index contributed by atoms with van der Waals surface area (Å²) in [6, 6.07) is 2.33. The van der Waals surface area contributed by atoms with Crippen molar-refractivity contribution in [3.8, 4) is 0 Å². The minimum absolute atomic E-state index is 0.0220. The zero-order valence-corrected chi connectivity index (χ0v) is 17.9. The predicted molar refractivity (Wildman–Crippen MR) is 109 cm³/mol. The van der Waals surface area contributed by atoms with E-state index in [1.54, 1.807) is 0 Å². The number of ether oxygens (including phenoxy) is 2. The van der Waals surface area contributed by atoms with Crippen LogP contribution in [-0.2, 0) is 9.47 Å². The molecule has 31 heavy (non-hydrogen) atoms. The summed E-state index contributed by atoms with van der Waals surface area (Å²) < 4.78 is 77.4. The number of alkyl halides is 3. The van der Waals surface area contributed by atoms with Crippen LogP contribution in [0.4, 0.5) is 22.0 Å². The number of unbranched alkanes of at least 4 members (excludes halogenated alkanes) is 2. The van der Waals surface area contributed by atoms with Crippen molar-refractivity contribution in [3.63, 3.8) is 0 Å². The molecule has 1 aliphatic heterocycles. The van der Waals surface area contributed by atoms with E-state index in [1.165, 1.54) is 31.4 Å². The molecule has 2 aliphatic rings. The molecule has 0 unspecified atom stereocenters. The monoisotopic (exact) mass is 446 g/mol. The molecule has 0 atom stereocenters. The molecular formula is C24H31F5O2. The average molecular weight is 447 g/mol. The summed E-state index contributed by atoms with van der Waals surface area (Å²) in [5.41, 5.74) is -0.161. The first-order valence-electron chi connectivity index (χ1n) is 11.2. The van der Waals surface area contributed by atoms with Crippen LogP contribution in [0.3, 0.4) is 0 Å². The lowest BCUT2D eigenvalue weighted by Gasteiger charge is -2.37. The van der Waals surface area contributed by atoms with Crippen molar-refractivity contribution in [1.82, 2.24) is 0 Å². The second kappa shape index (κ2) is 10.9. The van der Waals surface area contributed by atoms with Crippen molar-refractivity contribution in [1.29, 1.82) is 0 Å². The lowest BCUT2D eigenvalue weighted by atomic mass is 9.78. The van der Waals surface area contributed by atoms with Gasteiger partial charge in [-0.2, -0.15) is 13.2 Å². The molecule has 0 bridgehead atoms. The van der Waals surface area contributed by atoms with Crippen molar-refractivity contribution < 1.29 is 31.4 Å². The third kappa shape index (κ3) is 7.01. The average Bonchev–Trinajstić information content (AvgIpc) is 2.73. The van der Waals surface area contributed by atoms with Gasteiger partial charge >= 0.3 is 6.18 Å². The minimum Gasteiger partial charge on any atom is -0.352 e. The molecule has 1 aliphatic carbocycles. The van der Waals surface area contributed by atoms with Gasteiger partial charge in [-0.15, -0.1) is 0 Å². The molecule has 2 fully saturated rings. The SMILES string of the molecule is CCCCCC1COC(C2CCC(c3cc(F)c(/C=C/C(F)(F)F)c(F)c3)CC2)OC1. The van der Waals surface area contributed by atoms with E-state index in [2.05, 4.69) is 6.92 Å². The predicted octanol–water partition coefficient (Wildman–Crippen LogP) is 7.38. The first kappa shape index (κ1) is 24.2. The molecule has 3 rings (SSSR count). The largest absolute Gasteiger partial charge is 0.409 e. The van der Waals surface area contributed by atoms with E-state index < -0.39 is 23.4 Å². The summed E-state index contributed by atoms with van der Waals surface area (Å²) >= 11 is 0. The van der Waals surface area contributed by atoms with E-state index in [0.29, 0.717) is 17.6 Å². The molecule has 0 spiro atoms. The first-order chi connectivity index (χ1) is 14.8. The molecular weight excluding hydrogens is 415 g/mol. The van der Waals surface area contributed by atoms with Gasteiger partial charge in [-0.05, 0) is 61.8 Å². The van der Waals surface area contributed by atoms with Crippen LogP contribution in [0.2, 0.25) is 0 Å². The van der Waals surface area contributed by atoms with Crippen LogP contribution in [0, 0.1) is 23.5 Å². The first-order valence-corrected chi connectivity index (χ1v) is 11.2. The van der Waals surface area contributed by atoms with Crippen molar-refractivity contribution in [2.45, 2.75) is 76.7 Å². The van der Waals surface area contributed by atoms with Crippen LogP contribution in [0.15, 0.2) is 18.2 Å². The number of hydrogen-bond acceptors (Lipinski definition) is 2. The van der Waals surface area contributed by atoms with Gasteiger partial charge in [0.05, 0.1) is 13.2 Å². The normalized spacial score (nSPS) is 27.7. The summed E-state index contributed by atoms with van der Waals surface area (Å²) in [5, 5.41) is 0. The molecule has 0 amide bonds. The highest BCUT2D eigenvalue weighted by Gasteiger charge is 2.33. The molecule has 1 aromatic carbocycles. The second-order valence-electron chi connectivity index (χ2n) is 8.78. The molecule has 0 N–H and O–H groups in total. The fourth-order valence-corrected chi connectivity index (χ4v) is 4.58. The van der Waals surface area contributed by atoms with Crippen molar-refractivity contribution in [2.75, 3.05) is 13.2 Å². The third-order valence-electron chi connectivity index (χ3n) is 6.38. The maximum Gasteiger partial charge on any atom is 0.409 e. The van der Waals surface area contributed by atoms with Crippen LogP contribution in [-0.4, -0.2) is 25.7 Å². The van der Waals surface area contributed by atoms with E-state index in [9.17, 15) is 22.0 Å². The summed E-state index contributed by atoms with van der Waals surface area (Å²) in [6.45, 7) is 3.62. The van der Waals surface area contributed by atoms with Gasteiger partial charge < -0.3 is 9.47 Å². The van der Waals surface area contributed by atoms with Crippen molar-refractivity contribution in [2.24, 2.45) is 11.8 Å². The van der Waals surface area contributed by atoms with Gasteiger partial charge in [0.2, 0.25) is 0 Å². The number of benzene rings is 1. The van der Waals surface area contributed by atoms with E-state index in [-0.39, 0.29) is 24.2 Å². The van der Waals surface area contributed by atoms with Crippen molar-refractivity contribution >= 4 is 6.08 Å². The maximum atomic E-state index is 14.3. The highest BCUT2D eigenvalue weighted by Crippen LogP contribution is 2.40. The van der Waals surface area contributed by atoms with E-state index in [4.69, 9.17) is 9.47 Å². The third-order valence-corrected chi connectivity index (χ3v) is 6.38. The van der Waals surface area contributed by atoms with Crippen LogP contribution < -0.4 is 0 Å². The number of rotatable bonds is 7. The Labute approximate surface area is 180 Å². The Balaban J connectivity index is 1.51. The zero-order chi connectivity index (χ0) is 22.4. The molecule has 2 nitrogen and oxygen atoms in total. The maximum absolute atomic E-state index is 14.3. The summed E-state index contributed by atoms with van der Waals surface area (Å²) in [4.78, 5) is 0. The lowest BCUT2D eigenvalue weighted by Crippen LogP contribution is -2.38. The summed E-state index contributed by atoms with van der Waals surface area (Å²) in [5.74, 6) is -1.24. The highest BCUT2D eigenvalue weighted by atomic mass is 19.4. The van der Waals surface area contributed by atoms with Gasteiger partial charge in [-0.1, -0.05) is 26.2 Å². The molecule has 0 radical (unpaired) electrons. The minimum atomic E-state index is -4.62. The molecule has 1 aromatic rings. The van der Waals surface area contributed by atoms with Crippen LogP contribution in [0.5, 0.6) is 0 Å². The fourth-order valence-electron chi connectivity index (χ4n) is 4.58. The standard InChI is InChI=1S/C24H31F5O2/c1-2-3-4-5-16-14-30-23(31-15-16)18-8-6-17(7-9-18)19-12-21(25)20(22(26)13-19)10-11-24(27,28)29/h10-13,16-18,23H,2-9,14-15H2,1H3/b11-10+. The van der Waals surface area contributed by atoms with E-state index in [0.717, 1.165) is 45.3 Å². The topological polar surface area (TPSA) is 18.5 Å². The molecule has 0 aromatic heterocycles. The highest BCUT2D eigenvalue weighted by molar-refractivity contribution is 5.52. The van der Waals surface area contributed by atoms with Gasteiger partial charge in [-0.3, -0.25) is 0 Å². The van der Waals surface area contributed by atoms with Gasteiger partial charge in [-0.25, -0.2) is 8.78 Å². The fraction of sp³-hybridized carbons (Fsp3) is 0.667. The number of hydrogen-bond donors (Lipinski definition) is 0. The van der Waals surface area contributed by atoms with Crippen molar-refractivity contribution in [3.05, 3.63) is 41.0 Å². The van der Waals surface area contributed by atoms with Gasteiger partial charge in [0, 0.05) is 23.5 Å².